The molecule has 0 aliphatic carbocycles. The molecular weight excluding hydrogens is 264 g/mol. The van der Waals surface area contributed by atoms with Crippen LogP contribution < -0.4 is 10.6 Å². The van der Waals surface area contributed by atoms with Crippen molar-refractivity contribution in [3.05, 3.63) is 16.8 Å². The number of carbonyl (C=O) groups excluding carboxylic acids is 1. The van der Waals surface area contributed by atoms with Crippen LogP contribution in [0.3, 0.4) is 0 Å². The zero-order valence-corrected chi connectivity index (χ0v) is 10.1. The number of urea groups is 1. The molecule has 2 amide bonds. The normalized spacial score (nSPS) is 11.2. The first-order valence-electron chi connectivity index (χ1n) is 4.38. The summed E-state index contributed by atoms with van der Waals surface area (Å²) in [5.74, 6) is 0.341. The van der Waals surface area contributed by atoms with Crippen molar-refractivity contribution in [3.8, 4) is 0 Å². The summed E-state index contributed by atoms with van der Waals surface area (Å²) < 4.78 is 5.63. The van der Waals surface area contributed by atoms with Crippen molar-refractivity contribution < 1.29 is 14.3 Å². The molecule has 6 heteroatoms. The Morgan fingerprint density at radius 1 is 1.60 bits per heavy atom. The zero-order chi connectivity index (χ0) is 11.5. The summed E-state index contributed by atoms with van der Waals surface area (Å²) in [7, 11) is 0. The van der Waals surface area contributed by atoms with Gasteiger partial charge in [0.15, 0.2) is 4.67 Å². The fourth-order valence-electron chi connectivity index (χ4n) is 0.871. The SMILES string of the molecule is CC(C)(CO)NC(=O)Nc1ccc(Br)o1. The second kappa shape index (κ2) is 4.67. The first-order valence-corrected chi connectivity index (χ1v) is 5.17. The molecule has 0 saturated carbocycles. The molecule has 1 aromatic rings. The quantitative estimate of drug-likeness (QED) is 0.790. The molecule has 0 fully saturated rings. The third-order valence-corrected chi connectivity index (χ3v) is 2.08. The van der Waals surface area contributed by atoms with E-state index in [1.165, 1.54) is 0 Å². The van der Waals surface area contributed by atoms with Gasteiger partial charge in [-0.15, -0.1) is 0 Å². The molecule has 0 aliphatic rings. The molecule has 5 nitrogen and oxygen atoms in total. The first-order chi connectivity index (χ1) is 6.93. The van der Waals surface area contributed by atoms with Crippen molar-refractivity contribution in [1.29, 1.82) is 0 Å². The molecule has 0 aromatic carbocycles. The van der Waals surface area contributed by atoms with Gasteiger partial charge in [-0.05, 0) is 35.8 Å². The summed E-state index contributed by atoms with van der Waals surface area (Å²) in [5.41, 5.74) is -0.659. The van der Waals surface area contributed by atoms with Crippen molar-refractivity contribution in [2.45, 2.75) is 19.4 Å². The predicted molar refractivity (Wildman–Crippen MR) is 59.7 cm³/mol. The van der Waals surface area contributed by atoms with E-state index >= 15 is 0 Å². The minimum Gasteiger partial charge on any atom is -0.434 e. The number of rotatable bonds is 3. The van der Waals surface area contributed by atoms with Gasteiger partial charge in [0.25, 0.3) is 0 Å². The van der Waals surface area contributed by atoms with E-state index in [4.69, 9.17) is 9.52 Å². The molecule has 0 spiro atoms. The van der Waals surface area contributed by atoms with Crippen LogP contribution in [-0.2, 0) is 0 Å². The number of hydrogen-bond donors (Lipinski definition) is 3. The van der Waals surface area contributed by atoms with Crippen molar-refractivity contribution >= 4 is 27.8 Å². The van der Waals surface area contributed by atoms with E-state index in [0.29, 0.717) is 10.6 Å². The Kier molecular flexibility index (Phi) is 3.76. The van der Waals surface area contributed by atoms with Gasteiger partial charge in [-0.2, -0.15) is 0 Å². The molecule has 84 valence electrons. The van der Waals surface area contributed by atoms with Crippen LogP contribution in [0.25, 0.3) is 0 Å². The summed E-state index contributed by atoms with van der Waals surface area (Å²) >= 11 is 3.12. The Morgan fingerprint density at radius 3 is 2.73 bits per heavy atom. The van der Waals surface area contributed by atoms with Crippen LogP contribution in [0.15, 0.2) is 21.2 Å². The van der Waals surface area contributed by atoms with Crippen LogP contribution in [0.4, 0.5) is 10.7 Å². The maximum atomic E-state index is 11.4. The van der Waals surface area contributed by atoms with Crippen LogP contribution >= 0.6 is 15.9 Å². The lowest BCUT2D eigenvalue weighted by Crippen LogP contribution is -2.48. The van der Waals surface area contributed by atoms with E-state index < -0.39 is 11.6 Å². The number of aliphatic hydroxyl groups excluding tert-OH is 1. The Hall–Kier alpha value is -1.01. The van der Waals surface area contributed by atoms with E-state index in [1.807, 2.05) is 0 Å². The lowest BCUT2D eigenvalue weighted by Gasteiger charge is -2.23. The molecule has 0 aliphatic heterocycles. The van der Waals surface area contributed by atoms with E-state index in [2.05, 4.69) is 26.6 Å². The molecule has 15 heavy (non-hydrogen) atoms. The maximum Gasteiger partial charge on any atom is 0.322 e. The van der Waals surface area contributed by atoms with Crippen LogP contribution in [0.5, 0.6) is 0 Å². The highest BCUT2D eigenvalue weighted by molar-refractivity contribution is 9.10. The van der Waals surface area contributed by atoms with Crippen LogP contribution in [-0.4, -0.2) is 23.3 Å². The fourth-order valence-corrected chi connectivity index (χ4v) is 1.18. The Bertz CT molecular complexity index is 349. The van der Waals surface area contributed by atoms with Gasteiger partial charge < -0.3 is 14.8 Å². The average Bonchev–Trinajstić information content (AvgIpc) is 2.50. The molecule has 1 heterocycles. The molecule has 0 saturated heterocycles. The molecule has 0 bridgehead atoms. The van der Waals surface area contributed by atoms with Crippen molar-refractivity contribution in [2.75, 3.05) is 11.9 Å². The van der Waals surface area contributed by atoms with E-state index in [0.717, 1.165) is 0 Å². The topological polar surface area (TPSA) is 74.5 Å². The largest absolute Gasteiger partial charge is 0.434 e. The highest BCUT2D eigenvalue weighted by atomic mass is 79.9. The third kappa shape index (κ3) is 3.93. The number of carbonyl (C=O) groups is 1. The minimum absolute atomic E-state index is 0.137. The number of aliphatic hydroxyl groups is 1. The number of nitrogens with one attached hydrogen (secondary N) is 2. The lowest BCUT2D eigenvalue weighted by molar-refractivity contribution is 0.187. The van der Waals surface area contributed by atoms with Gasteiger partial charge in [-0.3, -0.25) is 5.32 Å². The first kappa shape index (κ1) is 12.1. The molecule has 3 N–H and O–H groups in total. The lowest BCUT2D eigenvalue weighted by atomic mass is 10.1. The number of furan rings is 1. The van der Waals surface area contributed by atoms with E-state index in [-0.39, 0.29) is 6.61 Å². The molecule has 0 atom stereocenters. The zero-order valence-electron chi connectivity index (χ0n) is 8.50. The number of amides is 2. The van der Waals surface area contributed by atoms with Gasteiger partial charge in [0.2, 0.25) is 5.88 Å². The highest BCUT2D eigenvalue weighted by Gasteiger charge is 2.19. The Balaban J connectivity index is 2.50. The van der Waals surface area contributed by atoms with Crippen molar-refractivity contribution in [1.82, 2.24) is 5.32 Å². The Morgan fingerprint density at radius 2 is 2.27 bits per heavy atom. The van der Waals surface area contributed by atoms with E-state index in [1.54, 1.807) is 26.0 Å². The highest BCUT2D eigenvalue weighted by Crippen LogP contribution is 2.18. The molecule has 0 radical (unpaired) electrons. The smallest absolute Gasteiger partial charge is 0.322 e. The third-order valence-electron chi connectivity index (χ3n) is 1.66. The molecule has 1 rings (SSSR count). The van der Waals surface area contributed by atoms with Crippen LogP contribution in [0, 0.1) is 0 Å². The number of halogens is 1. The van der Waals surface area contributed by atoms with Gasteiger partial charge in [0, 0.05) is 6.07 Å². The predicted octanol–water partition coefficient (Wildman–Crippen LogP) is 1.93. The molecule has 1 aromatic heterocycles. The summed E-state index contributed by atoms with van der Waals surface area (Å²) in [6, 6.07) is 2.87. The summed E-state index contributed by atoms with van der Waals surface area (Å²) in [5, 5.41) is 14.0. The van der Waals surface area contributed by atoms with Gasteiger partial charge in [0.1, 0.15) is 0 Å². The maximum absolute atomic E-state index is 11.4. The van der Waals surface area contributed by atoms with Crippen LogP contribution in [0.2, 0.25) is 0 Å². The second-order valence-electron chi connectivity index (χ2n) is 3.72. The van der Waals surface area contributed by atoms with Crippen LogP contribution in [0.1, 0.15) is 13.8 Å². The fraction of sp³-hybridized carbons (Fsp3) is 0.444. The van der Waals surface area contributed by atoms with Gasteiger partial charge in [-0.25, -0.2) is 4.79 Å². The minimum atomic E-state index is -0.659. The standard InChI is InChI=1S/C9H13BrN2O3/c1-9(2,5-13)12-8(14)11-7-4-3-6(10)15-7/h3-4,13H,5H2,1-2H3,(H2,11,12,14). The number of hydrogen-bond acceptors (Lipinski definition) is 3. The van der Waals surface area contributed by atoms with Gasteiger partial charge in [0.05, 0.1) is 12.1 Å². The average molecular weight is 277 g/mol. The summed E-state index contributed by atoms with van der Waals surface area (Å²) in [6.45, 7) is 3.29. The van der Waals surface area contributed by atoms with Gasteiger partial charge in [-0.1, -0.05) is 0 Å². The summed E-state index contributed by atoms with van der Waals surface area (Å²) in [4.78, 5) is 11.4. The van der Waals surface area contributed by atoms with Crippen molar-refractivity contribution in [2.24, 2.45) is 0 Å². The van der Waals surface area contributed by atoms with Gasteiger partial charge >= 0.3 is 6.03 Å². The monoisotopic (exact) mass is 276 g/mol. The summed E-state index contributed by atoms with van der Waals surface area (Å²) in [6.07, 6.45) is 0. The Labute approximate surface area is 96.0 Å². The molecule has 0 unspecified atom stereocenters. The van der Waals surface area contributed by atoms with E-state index in [9.17, 15) is 4.79 Å². The second-order valence-corrected chi connectivity index (χ2v) is 4.51. The van der Waals surface area contributed by atoms with Crippen molar-refractivity contribution in [3.63, 3.8) is 0 Å². The number of anilines is 1. The molecular formula is C9H13BrN2O3.